The van der Waals surface area contributed by atoms with Gasteiger partial charge in [-0.15, -0.1) is 0 Å². The van der Waals surface area contributed by atoms with Crippen molar-refractivity contribution in [1.29, 1.82) is 0 Å². The van der Waals surface area contributed by atoms with Crippen molar-refractivity contribution in [2.75, 3.05) is 40.0 Å². The van der Waals surface area contributed by atoms with Crippen LogP contribution in [0, 0.1) is 0 Å². The summed E-state index contributed by atoms with van der Waals surface area (Å²) in [4.78, 5) is 68.3. The van der Waals surface area contributed by atoms with Crippen molar-refractivity contribution in [3.05, 3.63) is 102 Å². The molecule has 4 amide bonds. The molecule has 1 aliphatic heterocycles. The first-order valence-corrected chi connectivity index (χ1v) is 15.9. The van der Waals surface area contributed by atoms with Crippen LogP contribution in [-0.2, 0) is 48.1 Å². The van der Waals surface area contributed by atoms with Gasteiger partial charge in [0.2, 0.25) is 23.5 Å². The highest BCUT2D eigenvalue weighted by Crippen LogP contribution is 2.14. The molecule has 48 heavy (non-hydrogen) atoms. The predicted octanol–water partition coefficient (Wildman–Crippen LogP) is 1.17. The van der Waals surface area contributed by atoms with Crippen molar-refractivity contribution >= 4 is 29.4 Å². The summed E-state index contributed by atoms with van der Waals surface area (Å²) >= 11 is 0. The van der Waals surface area contributed by atoms with Gasteiger partial charge in [-0.3, -0.25) is 28.9 Å². The van der Waals surface area contributed by atoms with Gasteiger partial charge >= 0.3 is 0 Å². The number of rotatable bonds is 16. The molecule has 4 rings (SSSR count). The van der Waals surface area contributed by atoms with Crippen molar-refractivity contribution in [3.63, 3.8) is 0 Å². The minimum Gasteiger partial charge on any atom is -0.497 e. The Hall–Kier alpha value is -5.07. The third-order valence-electron chi connectivity index (χ3n) is 7.91. The first-order chi connectivity index (χ1) is 23.2. The van der Waals surface area contributed by atoms with Gasteiger partial charge in [-0.05, 0) is 35.7 Å². The number of benzene rings is 3. The molecule has 0 saturated carbocycles. The van der Waals surface area contributed by atoms with E-state index in [2.05, 4.69) is 21.3 Å². The second-order valence-electron chi connectivity index (χ2n) is 11.6. The van der Waals surface area contributed by atoms with Crippen molar-refractivity contribution in [2.45, 2.75) is 44.4 Å². The van der Waals surface area contributed by atoms with Crippen LogP contribution in [0.3, 0.4) is 0 Å². The maximum absolute atomic E-state index is 13.9. The number of Topliss-reactive ketones (excluding diaryl/α,β-unsaturated/α-hetero) is 1. The molecule has 1 fully saturated rings. The zero-order chi connectivity index (χ0) is 34.3. The molecule has 3 aromatic carbocycles. The lowest BCUT2D eigenvalue weighted by Crippen LogP contribution is -2.57. The van der Waals surface area contributed by atoms with Crippen LogP contribution in [0.2, 0.25) is 0 Å². The average Bonchev–Trinajstić information content (AvgIpc) is 3.11. The molecule has 12 nitrogen and oxygen atoms in total. The lowest BCUT2D eigenvalue weighted by molar-refractivity contribution is -0.140. The summed E-state index contributed by atoms with van der Waals surface area (Å²) in [6, 6.07) is 21.9. The molecule has 0 aromatic heterocycles. The van der Waals surface area contributed by atoms with Gasteiger partial charge in [-0.2, -0.15) is 0 Å². The first-order valence-electron chi connectivity index (χ1n) is 15.9. The van der Waals surface area contributed by atoms with E-state index in [4.69, 9.17) is 9.47 Å². The normalized spacial score (nSPS) is 14.9. The zero-order valence-corrected chi connectivity index (χ0v) is 27.3. The van der Waals surface area contributed by atoms with Gasteiger partial charge in [-0.25, -0.2) is 0 Å². The van der Waals surface area contributed by atoms with Gasteiger partial charge in [0.15, 0.2) is 0 Å². The van der Waals surface area contributed by atoms with E-state index in [1.54, 1.807) is 55.6 Å². The standard InChI is InChI=1S/C36H43N5O7/c1-25(38-32(42)24-41-17-19-48-20-18-41)34(44)40-31(22-27-13-15-29(47-2)16-14-27)35(45)39-30(21-26-9-5-3-6-10-26)33(43)36(46)37-23-28-11-7-4-8-12-28/h3-16,25,30-31H,17-24H2,1-2H3,(H,37,46)(H,38,42)(H,39,45)(H,40,44)/t25-,30?,31-/m0/s1. The lowest BCUT2D eigenvalue weighted by atomic mass is 9.99. The molecule has 0 spiro atoms. The molecule has 12 heteroatoms. The molecule has 0 radical (unpaired) electrons. The third-order valence-corrected chi connectivity index (χ3v) is 7.91. The molecule has 254 valence electrons. The van der Waals surface area contributed by atoms with Crippen LogP contribution < -0.4 is 26.0 Å². The molecule has 0 bridgehead atoms. The molecule has 1 heterocycles. The highest BCUT2D eigenvalue weighted by molar-refractivity contribution is 6.38. The number of hydrogen-bond acceptors (Lipinski definition) is 8. The van der Waals surface area contributed by atoms with Crippen LogP contribution in [0.25, 0.3) is 0 Å². The second kappa shape index (κ2) is 18.3. The fourth-order valence-corrected chi connectivity index (χ4v) is 5.17. The van der Waals surface area contributed by atoms with Crippen molar-refractivity contribution < 1.29 is 33.4 Å². The van der Waals surface area contributed by atoms with E-state index in [-0.39, 0.29) is 31.8 Å². The molecular weight excluding hydrogens is 614 g/mol. The molecule has 3 atom stereocenters. The summed E-state index contributed by atoms with van der Waals surface area (Å²) in [5.41, 5.74) is 2.27. The summed E-state index contributed by atoms with van der Waals surface area (Å²) in [5.74, 6) is -2.60. The van der Waals surface area contributed by atoms with E-state index in [1.807, 2.05) is 41.3 Å². The highest BCUT2D eigenvalue weighted by Gasteiger charge is 2.31. The van der Waals surface area contributed by atoms with Crippen LogP contribution in [0.5, 0.6) is 5.75 Å². The van der Waals surface area contributed by atoms with Gasteiger partial charge < -0.3 is 30.7 Å². The quantitative estimate of drug-likeness (QED) is 0.168. The first kappa shape index (κ1) is 35.8. The Morgan fingerprint density at radius 1 is 0.729 bits per heavy atom. The van der Waals surface area contributed by atoms with Crippen LogP contribution in [0.1, 0.15) is 23.6 Å². The van der Waals surface area contributed by atoms with Gasteiger partial charge in [0.25, 0.3) is 5.91 Å². The number of carbonyl (C=O) groups excluding carboxylic acids is 5. The molecule has 1 aliphatic rings. The van der Waals surface area contributed by atoms with Gasteiger partial charge in [0.05, 0.1) is 26.9 Å². The lowest BCUT2D eigenvalue weighted by Gasteiger charge is -2.27. The third kappa shape index (κ3) is 11.3. The van der Waals surface area contributed by atoms with Gasteiger partial charge in [0, 0.05) is 32.5 Å². The molecule has 3 aromatic rings. The number of ether oxygens (including phenoxy) is 2. The summed E-state index contributed by atoms with van der Waals surface area (Å²) in [5, 5.41) is 10.8. The number of ketones is 1. The maximum atomic E-state index is 13.9. The van der Waals surface area contributed by atoms with Crippen molar-refractivity contribution in [1.82, 2.24) is 26.2 Å². The smallest absolute Gasteiger partial charge is 0.289 e. The summed E-state index contributed by atoms with van der Waals surface area (Å²) in [6.45, 7) is 4.10. The number of nitrogens with one attached hydrogen (secondary N) is 4. The van der Waals surface area contributed by atoms with E-state index in [0.29, 0.717) is 37.6 Å². The monoisotopic (exact) mass is 657 g/mol. The van der Waals surface area contributed by atoms with Crippen molar-refractivity contribution in [3.8, 4) is 5.75 Å². The van der Waals surface area contributed by atoms with Crippen LogP contribution in [0.4, 0.5) is 0 Å². The minimum atomic E-state index is -1.21. The number of carbonyl (C=O) groups is 5. The highest BCUT2D eigenvalue weighted by atomic mass is 16.5. The van der Waals surface area contributed by atoms with Crippen LogP contribution >= 0.6 is 0 Å². The number of amides is 4. The Kier molecular flexibility index (Phi) is 13.7. The maximum Gasteiger partial charge on any atom is 0.289 e. The second-order valence-corrected chi connectivity index (χ2v) is 11.6. The number of hydrogen-bond donors (Lipinski definition) is 4. The number of morpholine rings is 1. The van der Waals surface area contributed by atoms with Gasteiger partial charge in [-0.1, -0.05) is 72.8 Å². The topological polar surface area (TPSA) is 155 Å². The number of nitrogens with zero attached hydrogens (tertiary/aromatic N) is 1. The largest absolute Gasteiger partial charge is 0.497 e. The fraction of sp³-hybridized carbons (Fsp3) is 0.361. The van der Waals surface area contributed by atoms with Crippen molar-refractivity contribution in [2.24, 2.45) is 0 Å². The fourth-order valence-electron chi connectivity index (χ4n) is 5.17. The van der Waals surface area contributed by atoms with E-state index in [9.17, 15) is 24.0 Å². The zero-order valence-electron chi connectivity index (χ0n) is 27.3. The summed E-state index contributed by atoms with van der Waals surface area (Å²) in [7, 11) is 1.54. The SMILES string of the molecule is COc1ccc(C[C@H](NC(=O)[C@H](C)NC(=O)CN2CCOCC2)C(=O)NC(Cc2ccccc2)C(=O)C(=O)NCc2ccccc2)cc1. The van der Waals surface area contributed by atoms with E-state index in [0.717, 1.165) is 11.1 Å². The van der Waals surface area contributed by atoms with E-state index < -0.39 is 41.6 Å². The molecule has 1 saturated heterocycles. The molecule has 1 unspecified atom stereocenters. The Bertz CT molecular complexity index is 1510. The van der Waals surface area contributed by atoms with Gasteiger partial charge in [0.1, 0.15) is 23.9 Å². The molecular formula is C36H43N5O7. The van der Waals surface area contributed by atoms with Crippen LogP contribution in [-0.4, -0.2) is 92.4 Å². The van der Waals surface area contributed by atoms with E-state index in [1.165, 1.54) is 6.92 Å². The Morgan fingerprint density at radius 2 is 1.29 bits per heavy atom. The Balaban J connectivity index is 1.48. The Labute approximate surface area is 280 Å². The summed E-state index contributed by atoms with van der Waals surface area (Å²) in [6.07, 6.45) is 0.129. The number of methoxy groups -OCH3 is 1. The Morgan fingerprint density at radius 3 is 1.92 bits per heavy atom. The summed E-state index contributed by atoms with van der Waals surface area (Å²) < 4.78 is 10.6. The average molecular weight is 658 g/mol. The molecule has 0 aliphatic carbocycles. The minimum absolute atomic E-state index is 0.0569. The van der Waals surface area contributed by atoms with Crippen LogP contribution in [0.15, 0.2) is 84.9 Å². The molecule has 4 N–H and O–H groups in total. The predicted molar refractivity (Wildman–Crippen MR) is 179 cm³/mol. The van der Waals surface area contributed by atoms with E-state index >= 15 is 0 Å².